The molecule has 0 N–H and O–H groups in total. The highest BCUT2D eigenvalue weighted by molar-refractivity contribution is 5.79. The lowest BCUT2D eigenvalue weighted by atomic mass is 10.1. The molecule has 0 spiro atoms. The standard InChI is InChI=1S/C22H22N2O2/c1-16-5-4-6-17(13-16)14-22(25)24-12-11-19(15-24)26-21-10-9-18-7-2-3-8-20(18)23-21/h2-10,13,19H,11-12,14-15H2,1H3. The average molecular weight is 346 g/mol. The molecule has 0 aliphatic carbocycles. The van der Waals surface area contributed by atoms with Gasteiger partial charge >= 0.3 is 0 Å². The molecule has 1 atom stereocenters. The summed E-state index contributed by atoms with van der Waals surface area (Å²) in [6, 6.07) is 20.0. The molecule has 4 nitrogen and oxygen atoms in total. The number of hydrogen-bond donors (Lipinski definition) is 0. The number of hydrogen-bond acceptors (Lipinski definition) is 3. The second-order valence-corrected chi connectivity index (χ2v) is 6.88. The monoisotopic (exact) mass is 346 g/mol. The molecular weight excluding hydrogens is 324 g/mol. The first-order valence-corrected chi connectivity index (χ1v) is 9.03. The number of rotatable bonds is 4. The lowest BCUT2D eigenvalue weighted by molar-refractivity contribution is -0.129. The van der Waals surface area contributed by atoms with E-state index in [0.717, 1.165) is 29.4 Å². The zero-order valence-corrected chi connectivity index (χ0v) is 14.9. The number of ether oxygens (including phenoxy) is 1. The summed E-state index contributed by atoms with van der Waals surface area (Å²) < 4.78 is 6.03. The van der Waals surface area contributed by atoms with E-state index in [-0.39, 0.29) is 12.0 Å². The number of likely N-dealkylation sites (tertiary alicyclic amines) is 1. The summed E-state index contributed by atoms with van der Waals surface area (Å²) in [5.41, 5.74) is 3.17. The van der Waals surface area contributed by atoms with E-state index in [0.29, 0.717) is 18.8 Å². The predicted molar refractivity (Wildman–Crippen MR) is 102 cm³/mol. The maximum Gasteiger partial charge on any atom is 0.227 e. The Morgan fingerprint density at radius 1 is 1.15 bits per heavy atom. The zero-order chi connectivity index (χ0) is 17.9. The van der Waals surface area contributed by atoms with Crippen LogP contribution in [0.2, 0.25) is 0 Å². The third kappa shape index (κ3) is 3.69. The van der Waals surface area contributed by atoms with Crippen molar-refractivity contribution in [3.63, 3.8) is 0 Å². The second-order valence-electron chi connectivity index (χ2n) is 6.88. The quantitative estimate of drug-likeness (QED) is 0.722. The molecule has 0 saturated carbocycles. The van der Waals surface area contributed by atoms with E-state index in [9.17, 15) is 4.79 Å². The van der Waals surface area contributed by atoms with Gasteiger partial charge in [0, 0.05) is 24.4 Å². The van der Waals surface area contributed by atoms with Crippen LogP contribution in [0.1, 0.15) is 17.5 Å². The fraction of sp³-hybridized carbons (Fsp3) is 0.273. The molecule has 1 aliphatic rings. The number of carbonyl (C=O) groups is 1. The minimum absolute atomic E-state index is 0.00474. The van der Waals surface area contributed by atoms with Gasteiger partial charge in [0.1, 0.15) is 6.10 Å². The largest absolute Gasteiger partial charge is 0.472 e. The highest BCUT2D eigenvalue weighted by Crippen LogP contribution is 2.21. The van der Waals surface area contributed by atoms with Crippen LogP contribution in [0.5, 0.6) is 5.88 Å². The highest BCUT2D eigenvalue weighted by Gasteiger charge is 2.27. The van der Waals surface area contributed by atoms with Crippen LogP contribution < -0.4 is 4.74 Å². The summed E-state index contributed by atoms with van der Waals surface area (Å²) in [5.74, 6) is 0.787. The topological polar surface area (TPSA) is 42.4 Å². The number of aromatic nitrogens is 1. The van der Waals surface area contributed by atoms with Crippen LogP contribution >= 0.6 is 0 Å². The minimum atomic E-state index is 0.00474. The number of carbonyl (C=O) groups excluding carboxylic acids is 1. The van der Waals surface area contributed by atoms with Crippen molar-refractivity contribution < 1.29 is 9.53 Å². The predicted octanol–water partition coefficient (Wildman–Crippen LogP) is 3.77. The summed E-state index contributed by atoms with van der Waals surface area (Å²) >= 11 is 0. The fourth-order valence-electron chi connectivity index (χ4n) is 3.44. The molecular formula is C22H22N2O2. The molecule has 2 heterocycles. The number of aryl methyl sites for hydroxylation is 1. The van der Waals surface area contributed by atoms with Crippen molar-refractivity contribution in [3.8, 4) is 5.88 Å². The van der Waals surface area contributed by atoms with Gasteiger partial charge in [0.05, 0.1) is 18.5 Å². The Hall–Kier alpha value is -2.88. The average Bonchev–Trinajstić information content (AvgIpc) is 3.10. The third-order valence-corrected chi connectivity index (χ3v) is 4.80. The number of para-hydroxylation sites is 1. The lowest BCUT2D eigenvalue weighted by Crippen LogP contribution is -2.32. The van der Waals surface area contributed by atoms with Crippen molar-refractivity contribution in [2.75, 3.05) is 13.1 Å². The van der Waals surface area contributed by atoms with Crippen LogP contribution in [0.25, 0.3) is 10.9 Å². The molecule has 1 aliphatic heterocycles. The van der Waals surface area contributed by atoms with Gasteiger partial charge in [-0.05, 0) is 24.6 Å². The Morgan fingerprint density at radius 3 is 2.92 bits per heavy atom. The van der Waals surface area contributed by atoms with Gasteiger partial charge in [-0.1, -0.05) is 48.0 Å². The van der Waals surface area contributed by atoms with E-state index >= 15 is 0 Å². The van der Waals surface area contributed by atoms with Crippen LogP contribution in [0.15, 0.2) is 60.7 Å². The van der Waals surface area contributed by atoms with Crippen molar-refractivity contribution in [1.82, 2.24) is 9.88 Å². The number of fused-ring (bicyclic) bond motifs is 1. The van der Waals surface area contributed by atoms with Crippen molar-refractivity contribution in [1.29, 1.82) is 0 Å². The molecule has 132 valence electrons. The molecule has 2 aromatic carbocycles. The first-order chi connectivity index (χ1) is 12.7. The fourth-order valence-corrected chi connectivity index (χ4v) is 3.44. The summed E-state index contributed by atoms with van der Waals surface area (Å²) in [7, 11) is 0. The zero-order valence-electron chi connectivity index (χ0n) is 14.9. The summed E-state index contributed by atoms with van der Waals surface area (Å²) in [6.07, 6.45) is 1.29. The van der Waals surface area contributed by atoms with Crippen molar-refractivity contribution in [2.45, 2.75) is 25.9 Å². The van der Waals surface area contributed by atoms with E-state index < -0.39 is 0 Å². The van der Waals surface area contributed by atoms with Crippen LogP contribution in [0.4, 0.5) is 0 Å². The Kier molecular flexibility index (Phi) is 4.57. The number of nitrogens with zero attached hydrogens (tertiary/aromatic N) is 2. The molecule has 1 unspecified atom stereocenters. The molecule has 3 aromatic rings. The molecule has 0 radical (unpaired) electrons. The van der Waals surface area contributed by atoms with Crippen LogP contribution in [0, 0.1) is 6.92 Å². The van der Waals surface area contributed by atoms with Gasteiger partial charge in [-0.25, -0.2) is 4.98 Å². The van der Waals surface area contributed by atoms with Gasteiger partial charge in [-0.15, -0.1) is 0 Å². The molecule has 4 rings (SSSR count). The van der Waals surface area contributed by atoms with Gasteiger partial charge in [0.2, 0.25) is 11.8 Å². The first kappa shape index (κ1) is 16.6. The second kappa shape index (κ2) is 7.16. The Bertz CT molecular complexity index is 938. The summed E-state index contributed by atoms with van der Waals surface area (Å²) in [6.45, 7) is 3.41. The van der Waals surface area contributed by atoms with Gasteiger partial charge < -0.3 is 9.64 Å². The third-order valence-electron chi connectivity index (χ3n) is 4.80. The van der Waals surface area contributed by atoms with Crippen LogP contribution in [-0.2, 0) is 11.2 Å². The maximum absolute atomic E-state index is 12.6. The minimum Gasteiger partial charge on any atom is -0.472 e. The molecule has 1 amide bonds. The van der Waals surface area contributed by atoms with Crippen LogP contribution in [0.3, 0.4) is 0 Å². The van der Waals surface area contributed by atoms with Gasteiger partial charge in [0.25, 0.3) is 0 Å². The van der Waals surface area contributed by atoms with Crippen LogP contribution in [-0.4, -0.2) is 35.0 Å². The number of pyridine rings is 1. The van der Waals surface area contributed by atoms with Gasteiger partial charge in [-0.3, -0.25) is 4.79 Å². The Morgan fingerprint density at radius 2 is 2.04 bits per heavy atom. The van der Waals surface area contributed by atoms with Gasteiger partial charge in [-0.2, -0.15) is 0 Å². The van der Waals surface area contributed by atoms with E-state index in [1.54, 1.807) is 0 Å². The molecule has 4 heteroatoms. The van der Waals surface area contributed by atoms with Crippen molar-refractivity contribution in [2.24, 2.45) is 0 Å². The molecule has 0 bridgehead atoms. The summed E-state index contributed by atoms with van der Waals surface area (Å²) in [4.78, 5) is 19.0. The van der Waals surface area contributed by atoms with E-state index in [1.807, 2.05) is 66.4 Å². The molecule has 26 heavy (non-hydrogen) atoms. The Labute approximate surface area is 153 Å². The molecule has 1 fully saturated rings. The summed E-state index contributed by atoms with van der Waals surface area (Å²) in [5, 5.41) is 1.10. The van der Waals surface area contributed by atoms with Crippen molar-refractivity contribution >= 4 is 16.8 Å². The SMILES string of the molecule is Cc1cccc(CC(=O)N2CCC(Oc3ccc4ccccc4n3)C2)c1. The normalized spacial score (nSPS) is 16.8. The van der Waals surface area contributed by atoms with Crippen molar-refractivity contribution in [3.05, 3.63) is 71.8 Å². The lowest BCUT2D eigenvalue weighted by Gasteiger charge is -2.17. The van der Waals surface area contributed by atoms with E-state index in [2.05, 4.69) is 11.1 Å². The maximum atomic E-state index is 12.6. The van der Waals surface area contributed by atoms with E-state index in [1.165, 1.54) is 5.56 Å². The molecule has 1 saturated heterocycles. The smallest absolute Gasteiger partial charge is 0.227 e. The van der Waals surface area contributed by atoms with Gasteiger partial charge in [0.15, 0.2) is 0 Å². The number of benzene rings is 2. The number of amides is 1. The first-order valence-electron chi connectivity index (χ1n) is 9.03. The van der Waals surface area contributed by atoms with E-state index in [4.69, 9.17) is 4.74 Å². The molecule has 1 aromatic heterocycles. The highest BCUT2D eigenvalue weighted by atomic mass is 16.5. The Balaban J connectivity index is 1.37.